The minimum absolute atomic E-state index is 0.214. The smallest absolute Gasteiger partial charge is 0.336 e. The fourth-order valence-electron chi connectivity index (χ4n) is 1.12. The fraction of sp³-hybridized carbons (Fsp3) is 0.125. The van der Waals surface area contributed by atoms with Crippen LogP contribution in [0.5, 0.6) is 0 Å². The molecule has 0 aliphatic carbocycles. The number of carbonyl (C=O) groups is 1. The number of rotatable bonds is 1. The summed E-state index contributed by atoms with van der Waals surface area (Å²) in [5.74, 6) is -1.75. The van der Waals surface area contributed by atoms with E-state index in [1.807, 2.05) is 0 Å². The number of halogens is 1. The van der Waals surface area contributed by atoms with Crippen molar-refractivity contribution in [3.63, 3.8) is 0 Å². The number of benzene rings is 1. The fourth-order valence-corrected chi connectivity index (χ4v) is 1.12. The summed E-state index contributed by atoms with van der Waals surface area (Å²) in [5.41, 5.74) is -1.59. The van der Waals surface area contributed by atoms with Crippen LogP contribution in [0.3, 0.4) is 0 Å². The van der Waals surface area contributed by atoms with Crippen molar-refractivity contribution in [1.82, 2.24) is 0 Å². The molecule has 0 heterocycles. The van der Waals surface area contributed by atoms with E-state index in [0.29, 0.717) is 0 Å². The Bertz CT molecular complexity index is 404. The van der Waals surface area contributed by atoms with Crippen LogP contribution in [0.1, 0.15) is 10.4 Å². The van der Waals surface area contributed by atoms with E-state index >= 15 is 0 Å². The molecule has 0 spiro atoms. The van der Waals surface area contributed by atoms with Crippen LogP contribution in [0.25, 0.3) is 0 Å². The van der Waals surface area contributed by atoms with Gasteiger partial charge in [0.1, 0.15) is 37.2 Å². The second kappa shape index (κ2) is 4.17. The van der Waals surface area contributed by atoms with Gasteiger partial charge in [0.05, 0.1) is 7.11 Å². The molecule has 7 heteroatoms. The Morgan fingerprint density at radius 3 is 1.80 bits per heavy atom. The van der Waals surface area contributed by atoms with Gasteiger partial charge in [0.15, 0.2) is 0 Å². The molecule has 0 amide bonds. The maximum Gasteiger partial charge on any atom is 0.336 e. The van der Waals surface area contributed by atoms with E-state index in [9.17, 15) is 9.18 Å². The number of carbonyl (C=O) groups excluding carboxylic acids is 1. The third-order valence-corrected chi connectivity index (χ3v) is 1.98. The van der Waals surface area contributed by atoms with Gasteiger partial charge in [0.2, 0.25) is 0 Å². The highest BCUT2D eigenvalue weighted by Crippen LogP contribution is 1.93. The van der Waals surface area contributed by atoms with Gasteiger partial charge in [-0.25, -0.2) is 9.18 Å². The summed E-state index contributed by atoms with van der Waals surface area (Å²) < 4.78 is 17.7. The van der Waals surface area contributed by atoms with Gasteiger partial charge in [0, 0.05) is 5.56 Å². The molecule has 0 aromatic heterocycles. The number of hydrogen-bond acceptors (Lipinski definition) is 2. The van der Waals surface area contributed by atoms with Crippen molar-refractivity contribution in [1.29, 1.82) is 0 Å². The molecule has 1 aromatic rings. The SMILES string of the molecule is [B]c1c([B])c(C(=O)OC)c([B])c([B])c1F. The minimum Gasteiger partial charge on any atom is -0.465 e. The van der Waals surface area contributed by atoms with Crippen molar-refractivity contribution in [3.8, 4) is 0 Å². The molecular weight excluding hydrogens is 190 g/mol. The standard InChI is InChI=1S/C8H3B4FO2/c1-15-8(14)2-3(9)5(11)7(13)6(12)4(2)10/h1H3. The van der Waals surface area contributed by atoms with E-state index in [1.165, 1.54) is 0 Å². The zero-order valence-corrected chi connectivity index (χ0v) is 8.00. The third-order valence-electron chi connectivity index (χ3n) is 1.98. The quantitative estimate of drug-likeness (QED) is 0.347. The molecule has 0 unspecified atom stereocenters. The molecule has 0 aliphatic heterocycles. The number of esters is 1. The highest BCUT2D eigenvalue weighted by Gasteiger charge is 2.18. The van der Waals surface area contributed by atoms with Crippen molar-refractivity contribution >= 4 is 59.2 Å². The monoisotopic (exact) mass is 194 g/mol. The summed E-state index contributed by atoms with van der Waals surface area (Å²) in [5, 5.41) is 0. The molecule has 0 N–H and O–H groups in total. The average Bonchev–Trinajstić information content (AvgIpc) is 2.23. The van der Waals surface area contributed by atoms with E-state index in [4.69, 9.17) is 31.4 Å². The van der Waals surface area contributed by atoms with Gasteiger partial charge in [-0.3, -0.25) is 0 Å². The number of ether oxygens (including phenoxy) is 1. The molecule has 66 valence electrons. The second-order valence-corrected chi connectivity index (χ2v) is 2.84. The molecule has 0 atom stereocenters. The summed E-state index contributed by atoms with van der Waals surface area (Å²) in [6, 6.07) is 0. The molecule has 1 aromatic carbocycles. The van der Waals surface area contributed by atoms with Crippen molar-refractivity contribution in [3.05, 3.63) is 11.4 Å². The second-order valence-electron chi connectivity index (χ2n) is 2.84. The molecule has 1 rings (SSSR count). The Labute approximate surface area is 92.2 Å². The summed E-state index contributed by atoms with van der Waals surface area (Å²) in [6.07, 6.45) is 0. The Morgan fingerprint density at radius 2 is 1.47 bits per heavy atom. The van der Waals surface area contributed by atoms with E-state index in [0.717, 1.165) is 7.11 Å². The molecule has 8 radical (unpaired) electrons. The van der Waals surface area contributed by atoms with Crippen LogP contribution in [0, 0.1) is 5.82 Å². The maximum atomic E-state index is 13.2. The molecule has 0 saturated carbocycles. The molecule has 0 saturated heterocycles. The first-order chi connectivity index (χ1) is 6.91. The molecule has 2 nitrogen and oxygen atoms in total. The van der Waals surface area contributed by atoms with Crippen LogP contribution >= 0.6 is 0 Å². The predicted octanol–water partition coefficient (Wildman–Crippen LogP) is -3.21. The Kier molecular flexibility index (Phi) is 3.32. The molecule has 0 bridgehead atoms. The van der Waals surface area contributed by atoms with E-state index in [-0.39, 0.29) is 16.5 Å². The first-order valence-corrected chi connectivity index (χ1v) is 3.91. The van der Waals surface area contributed by atoms with Gasteiger partial charge in [-0.05, 0) is 0 Å². The van der Waals surface area contributed by atoms with Crippen LogP contribution in [0.15, 0.2) is 0 Å². The third kappa shape index (κ3) is 1.83. The van der Waals surface area contributed by atoms with Crippen LogP contribution in [-0.4, -0.2) is 44.5 Å². The normalized spacial score (nSPS) is 10.0. The summed E-state index contributed by atoms with van der Waals surface area (Å²) in [6.45, 7) is 0. The largest absolute Gasteiger partial charge is 0.465 e. The van der Waals surface area contributed by atoms with Gasteiger partial charge in [-0.15, -0.1) is 0 Å². The molecule has 0 aliphatic rings. The Morgan fingerprint density at radius 1 is 1.07 bits per heavy atom. The van der Waals surface area contributed by atoms with Gasteiger partial charge in [-0.1, -0.05) is 21.9 Å². The van der Waals surface area contributed by atoms with Gasteiger partial charge >= 0.3 is 5.97 Å². The Balaban J connectivity index is 3.60. The minimum atomic E-state index is -0.933. The van der Waals surface area contributed by atoms with Crippen LogP contribution in [-0.2, 0) is 4.74 Å². The van der Waals surface area contributed by atoms with E-state index in [2.05, 4.69) is 4.74 Å². The van der Waals surface area contributed by atoms with Crippen molar-refractivity contribution in [2.24, 2.45) is 0 Å². The lowest BCUT2D eigenvalue weighted by Gasteiger charge is -2.16. The van der Waals surface area contributed by atoms with Gasteiger partial charge < -0.3 is 4.74 Å². The first kappa shape index (κ1) is 12.0. The van der Waals surface area contributed by atoms with Crippen LogP contribution in [0.2, 0.25) is 0 Å². The lowest BCUT2D eigenvalue weighted by Crippen LogP contribution is -2.49. The van der Waals surface area contributed by atoms with Crippen LogP contribution < -0.4 is 21.9 Å². The molecule has 0 fully saturated rings. The van der Waals surface area contributed by atoms with Crippen molar-refractivity contribution < 1.29 is 13.9 Å². The summed E-state index contributed by atoms with van der Waals surface area (Å²) in [7, 11) is 22.6. The van der Waals surface area contributed by atoms with E-state index < -0.39 is 22.7 Å². The average molecular weight is 193 g/mol. The topological polar surface area (TPSA) is 26.3 Å². The maximum absolute atomic E-state index is 13.2. The van der Waals surface area contributed by atoms with Gasteiger partial charge in [-0.2, -0.15) is 0 Å². The lowest BCUT2D eigenvalue weighted by atomic mass is 9.67. The van der Waals surface area contributed by atoms with Gasteiger partial charge in [0.25, 0.3) is 0 Å². The zero-order valence-electron chi connectivity index (χ0n) is 8.00. The number of hydrogen-bond donors (Lipinski definition) is 0. The number of methoxy groups -OCH3 is 1. The summed E-state index contributed by atoms with van der Waals surface area (Å²) >= 11 is 0. The molecular formula is C8H3B4FO2. The van der Waals surface area contributed by atoms with E-state index in [1.54, 1.807) is 0 Å². The highest BCUT2D eigenvalue weighted by atomic mass is 19.1. The molecule has 15 heavy (non-hydrogen) atoms. The van der Waals surface area contributed by atoms with Crippen LogP contribution in [0.4, 0.5) is 4.39 Å². The predicted molar refractivity (Wildman–Crippen MR) is 59.3 cm³/mol. The zero-order chi connectivity index (χ0) is 11.7. The lowest BCUT2D eigenvalue weighted by molar-refractivity contribution is 0.0604. The highest BCUT2D eigenvalue weighted by molar-refractivity contribution is 6.59. The Hall–Kier alpha value is -1.12. The van der Waals surface area contributed by atoms with Crippen molar-refractivity contribution in [2.45, 2.75) is 0 Å². The first-order valence-electron chi connectivity index (χ1n) is 3.91. The van der Waals surface area contributed by atoms with Crippen molar-refractivity contribution in [2.75, 3.05) is 7.11 Å². The summed E-state index contributed by atoms with van der Waals surface area (Å²) in [4.78, 5) is 11.3.